The molecular formula is C17H13N3OS2. The van der Waals surface area contributed by atoms with Gasteiger partial charge in [0.1, 0.15) is 0 Å². The fourth-order valence-corrected chi connectivity index (χ4v) is 3.22. The van der Waals surface area contributed by atoms with Crippen molar-refractivity contribution in [2.24, 2.45) is 4.99 Å². The highest BCUT2D eigenvalue weighted by Gasteiger charge is 2.10. The lowest BCUT2D eigenvalue weighted by atomic mass is 10.3. The first kappa shape index (κ1) is 15.5. The lowest BCUT2D eigenvalue weighted by Gasteiger charge is -2.06. The Hall–Kier alpha value is -2.44. The third kappa shape index (κ3) is 3.49. The number of aromatic nitrogens is 2. The third-order valence-corrected chi connectivity index (χ3v) is 4.33. The SMILES string of the molecule is CC(=O)c1nn(-c2ccccc2)c(=S)sc1=Nc1ccccc1. The monoisotopic (exact) mass is 339 g/mol. The summed E-state index contributed by atoms with van der Waals surface area (Å²) in [4.78, 5) is 16.5. The number of hydrogen-bond acceptors (Lipinski definition) is 5. The van der Waals surface area contributed by atoms with E-state index >= 15 is 0 Å². The van der Waals surface area contributed by atoms with Gasteiger partial charge in [0.25, 0.3) is 0 Å². The van der Waals surface area contributed by atoms with Crippen molar-refractivity contribution in [1.29, 1.82) is 0 Å². The average Bonchev–Trinajstić information content (AvgIpc) is 2.56. The molecule has 0 saturated carbocycles. The zero-order chi connectivity index (χ0) is 16.2. The second-order valence-electron chi connectivity index (χ2n) is 4.77. The van der Waals surface area contributed by atoms with Crippen molar-refractivity contribution < 1.29 is 4.79 Å². The van der Waals surface area contributed by atoms with Crippen LogP contribution in [0.3, 0.4) is 0 Å². The van der Waals surface area contributed by atoms with Gasteiger partial charge in [0.15, 0.2) is 20.1 Å². The molecule has 0 aliphatic heterocycles. The van der Waals surface area contributed by atoms with Crippen LogP contribution in [0.25, 0.3) is 5.69 Å². The molecule has 0 aliphatic rings. The Labute approximate surface area is 142 Å². The van der Waals surface area contributed by atoms with E-state index in [1.54, 1.807) is 4.68 Å². The molecular weight excluding hydrogens is 326 g/mol. The molecule has 3 rings (SSSR count). The number of carbonyl (C=O) groups is 1. The summed E-state index contributed by atoms with van der Waals surface area (Å²) in [5.41, 5.74) is 1.90. The van der Waals surface area contributed by atoms with Crippen molar-refractivity contribution in [3.8, 4) is 5.69 Å². The van der Waals surface area contributed by atoms with E-state index in [2.05, 4.69) is 10.1 Å². The third-order valence-electron chi connectivity index (χ3n) is 3.08. The number of ketones is 1. The maximum Gasteiger partial charge on any atom is 0.184 e. The van der Waals surface area contributed by atoms with Gasteiger partial charge >= 0.3 is 0 Å². The van der Waals surface area contributed by atoms with E-state index in [0.29, 0.717) is 14.3 Å². The minimum atomic E-state index is -0.143. The van der Waals surface area contributed by atoms with Crippen LogP contribution in [0.2, 0.25) is 0 Å². The molecule has 0 aliphatic carbocycles. The summed E-state index contributed by atoms with van der Waals surface area (Å²) in [6, 6.07) is 19.0. The van der Waals surface area contributed by atoms with Gasteiger partial charge < -0.3 is 0 Å². The molecule has 0 saturated heterocycles. The molecule has 0 spiro atoms. The van der Waals surface area contributed by atoms with Crippen LogP contribution in [0.4, 0.5) is 5.69 Å². The van der Waals surface area contributed by atoms with Crippen LogP contribution < -0.4 is 4.67 Å². The summed E-state index contributed by atoms with van der Waals surface area (Å²) < 4.78 is 2.66. The molecule has 1 aromatic heterocycles. The van der Waals surface area contributed by atoms with Crippen molar-refractivity contribution in [3.63, 3.8) is 0 Å². The van der Waals surface area contributed by atoms with Gasteiger partial charge in [-0.05, 0) is 36.5 Å². The first-order valence-corrected chi connectivity index (χ1v) is 8.18. The second kappa shape index (κ2) is 6.76. The minimum absolute atomic E-state index is 0.143. The molecule has 1 heterocycles. The van der Waals surface area contributed by atoms with Gasteiger partial charge in [-0.2, -0.15) is 5.10 Å². The van der Waals surface area contributed by atoms with Gasteiger partial charge in [0.05, 0.1) is 11.4 Å². The van der Waals surface area contributed by atoms with Gasteiger partial charge in [0.2, 0.25) is 0 Å². The topological polar surface area (TPSA) is 47.2 Å². The number of rotatable bonds is 3. The molecule has 0 bridgehead atoms. The highest BCUT2D eigenvalue weighted by Crippen LogP contribution is 2.12. The Morgan fingerprint density at radius 3 is 2.30 bits per heavy atom. The lowest BCUT2D eigenvalue weighted by molar-refractivity contribution is 0.101. The molecule has 2 aromatic carbocycles. The second-order valence-corrected chi connectivity index (χ2v) is 6.40. The van der Waals surface area contributed by atoms with Crippen LogP contribution in [-0.4, -0.2) is 15.6 Å². The van der Waals surface area contributed by atoms with Crippen LogP contribution in [0, 0.1) is 3.95 Å². The quantitative estimate of drug-likeness (QED) is 0.533. The van der Waals surface area contributed by atoms with Gasteiger partial charge in [-0.15, -0.1) is 0 Å². The van der Waals surface area contributed by atoms with Crippen molar-refractivity contribution in [3.05, 3.63) is 75.0 Å². The Balaban J connectivity index is 2.24. The maximum atomic E-state index is 12.0. The highest BCUT2D eigenvalue weighted by atomic mass is 32.1. The molecule has 0 unspecified atom stereocenters. The standard InChI is InChI=1S/C17H13N3OS2/c1-12(21)15-16(18-13-8-4-2-5-9-13)23-17(22)20(19-15)14-10-6-3-7-11-14/h2-11H,1H3. The first-order chi connectivity index (χ1) is 11.1. The van der Waals surface area contributed by atoms with E-state index in [4.69, 9.17) is 12.2 Å². The summed E-state index contributed by atoms with van der Waals surface area (Å²) in [5, 5.41) is 4.42. The lowest BCUT2D eigenvalue weighted by Crippen LogP contribution is -2.19. The molecule has 114 valence electrons. The van der Waals surface area contributed by atoms with Gasteiger partial charge in [0, 0.05) is 6.92 Å². The van der Waals surface area contributed by atoms with Gasteiger partial charge in [-0.1, -0.05) is 47.7 Å². The van der Waals surface area contributed by atoms with Crippen LogP contribution in [0.15, 0.2) is 65.7 Å². The summed E-state index contributed by atoms with van der Waals surface area (Å²) in [6.07, 6.45) is 0. The Kier molecular flexibility index (Phi) is 4.55. The summed E-state index contributed by atoms with van der Waals surface area (Å²) in [6.45, 7) is 1.48. The molecule has 0 radical (unpaired) electrons. The number of para-hydroxylation sites is 2. The van der Waals surface area contributed by atoms with E-state index in [-0.39, 0.29) is 5.78 Å². The summed E-state index contributed by atoms with van der Waals surface area (Å²) in [5.74, 6) is -0.143. The van der Waals surface area contributed by atoms with E-state index in [1.165, 1.54) is 18.3 Å². The van der Waals surface area contributed by atoms with E-state index in [9.17, 15) is 4.79 Å². The van der Waals surface area contributed by atoms with E-state index < -0.39 is 0 Å². The Morgan fingerprint density at radius 2 is 1.70 bits per heavy atom. The molecule has 6 heteroatoms. The number of carbonyl (C=O) groups excluding carboxylic acids is 1. The molecule has 0 fully saturated rings. The van der Waals surface area contributed by atoms with Gasteiger partial charge in [-0.25, -0.2) is 9.67 Å². The van der Waals surface area contributed by atoms with E-state index in [1.807, 2.05) is 60.7 Å². The maximum absolute atomic E-state index is 12.0. The molecule has 0 atom stereocenters. The number of nitrogens with zero attached hydrogens (tertiary/aromatic N) is 3. The Morgan fingerprint density at radius 1 is 1.09 bits per heavy atom. The highest BCUT2D eigenvalue weighted by molar-refractivity contribution is 7.73. The molecule has 4 nitrogen and oxygen atoms in total. The number of benzene rings is 2. The Bertz CT molecular complexity index is 960. The van der Waals surface area contributed by atoms with E-state index in [0.717, 1.165) is 11.4 Å². The zero-order valence-corrected chi connectivity index (χ0v) is 14.0. The first-order valence-electron chi connectivity index (χ1n) is 6.96. The van der Waals surface area contributed by atoms with Gasteiger partial charge in [-0.3, -0.25) is 4.79 Å². The molecule has 0 amide bonds. The fraction of sp³-hybridized carbons (Fsp3) is 0.0588. The largest absolute Gasteiger partial charge is 0.293 e. The van der Waals surface area contributed by atoms with Crippen molar-refractivity contribution in [2.45, 2.75) is 6.92 Å². The summed E-state index contributed by atoms with van der Waals surface area (Å²) in [7, 11) is 0. The van der Waals surface area contributed by atoms with Crippen LogP contribution in [0.1, 0.15) is 17.4 Å². The van der Waals surface area contributed by atoms with Crippen molar-refractivity contribution in [1.82, 2.24) is 9.78 Å². The van der Waals surface area contributed by atoms with Crippen LogP contribution in [-0.2, 0) is 0 Å². The zero-order valence-electron chi connectivity index (χ0n) is 12.3. The fourth-order valence-electron chi connectivity index (χ4n) is 2.01. The molecule has 3 aromatic rings. The number of Topliss-reactive ketones (excluding diaryl/α,β-unsaturated/α-hetero) is 1. The predicted molar refractivity (Wildman–Crippen MR) is 93.9 cm³/mol. The number of hydrogen-bond donors (Lipinski definition) is 0. The molecule has 23 heavy (non-hydrogen) atoms. The van der Waals surface area contributed by atoms with Crippen LogP contribution >= 0.6 is 23.6 Å². The minimum Gasteiger partial charge on any atom is -0.293 e. The summed E-state index contributed by atoms with van der Waals surface area (Å²) >= 11 is 6.71. The average molecular weight is 339 g/mol. The van der Waals surface area contributed by atoms with Crippen molar-refractivity contribution in [2.75, 3.05) is 0 Å². The van der Waals surface area contributed by atoms with Crippen molar-refractivity contribution >= 4 is 35.0 Å². The van der Waals surface area contributed by atoms with Crippen LogP contribution in [0.5, 0.6) is 0 Å². The molecule has 0 N–H and O–H groups in total. The smallest absolute Gasteiger partial charge is 0.184 e. The predicted octanol–water partition coefficient (Wildman–Crippen LogP) is 4.10. The normalized spacial score (nSPS) is 11.4.